The molecule has 0 spiro atoms. The number of phosphoric ester groups is 1. The quantitative estimate of drug-likeness (QED) is 0.360. The van der Waals surface area contributed by atoms with Gasteiger partial charge in [-0.25, -0.2) is 13.7 Å². The van der Waals surface area contributed by atoms with Gasteiger partial charge in [0.25, 0.3) is 0 Å². The minimum atomic E-state index is -5.49. The van der Waals surface area contributed by atoms with Crippen LogP contribution in [0, 0.1) is 5.92 Å². The number of phosphoric acid groups is 3. The fourth-order valence-corrected chi connectivity index (χ4v) is 4.64. The van der Waals surface area contributed by atoms with Gasteiger partial charge in [0.15, 0.2) is 0 Å². The Morgan fingerprint density at radius 3 is 2.14 bits per heavy atom. The van der Waals surface area contributed by atoms with E-state index in [1.807, 2.05) is 0 Å². The van der Waals surface area contributed by atoms with Crippen LogP contribution < -0.4 is 0 Å². The van der Waals surface area contributed by atoms with Gasteiger partial charge < -0.3 is 24.3 Å². The molecule has 0 aliphatic carbocycles. The maximum absolute atomic E-state index is 11.4. The normalized spacial score (nSPS) is 32.5. The van der Waals surface area contributed by atoms with Crippen molar-refractivity contribution in [3.05, 3.63) is 0 Å². The average molecular weight is 366 g/mol. The molecule has 4 N–H and O–H groups in total. The van der Waals surface area contributed by atoms with E-state index < -0.39 is 42.2 Å². The molecule has 1 fully saturated rings. The summed E-state index contributed by atoms with van der Waals surface area (Å²) in [5.41, 5.74) is 0. The third kappa shape index (κ3) is 7.50. The Bertz CT molecular complexity index is 504. The lowest BCUT2D eigenvalue weighted by atomic mass is 9.92. The smallest absolute Gasteiger partial charge is 0.382 e. The lowest BCUT2D eigenvalue weighted by molar-refractivity contribution is 0.0271. The first-order valence-electron chi connectivity index (χ1n) is 5.49. The lowest BCUT2D eigenvalue weighted by Gasteiger charge is -2.19. The summed E-state index contributed by atoms with van der Waals surface area (Å²) < 4.78 is 49.6. The van der Waals surface area contributed by atoms with Gasteiger partial charge in [-0.05, 0) is 12.3 Å². The van der Waals surface area contributed by atoms with Crippen LogP contribution in [0.15, 0.2) is 0 Å². The summed E-state index contributed by atoms with van der Waals surface area (Å²) in [7, 11) is -10.5. The number of hydrogen-bond acceptors (Lipinski definition) is 7. The molecule has 1 aliphatic rings. The van der Waals surface area contributed by atoms with Gasteiger partial charge in [0, 0.05) is 6.00 Å². The van der Waals surface area contributed by atoms with E-state index in [2.05, 4.69) is 13.1 Å². The molecule has 0 aromatic carbocycles. The van der Waals surface area contributed by atoms with Crippen LogP contribution >= 0.6 is 23.5 Å². The third-order valence-corrected chi connectivity index (χ3v) is 6.21. The average Bonchev–Trinajstić information content (AvgIpc) is 2.48. The Hall–Kier alpha value is 0.435. The first kappa shape index (κ1) is 19.5. The van der Waals surface area contributed by atoms with Gasteiger partial charge in [-0.2, -0.15) is 8.62 Å². The highest BCUT2D eigenvalue weighted by Gasteiger charge is 2.41. The van der Waals surface area contributed by atoms with E-state index >= 15 is 0 Å². The molecule has 122 valence electrons. The predicted molar refractivity (Wildman–Crippen MR) is 68.0 cm³/mol. The Morgan fingerprint density at radius 2 is 1.71 bits per heavy atom. The van der Waals surface area contributed by atoms with Crippen LogP contribution in [0.1, 0.15) is 13.3 Å². The van der Waals surface area contributed by atoms with E-state index in [1.54, 1.807) is 6.92 Å². The van der Waals surface area contributed by atoms with Crippen molar-refractivity contribution in [2.24, 2.45) is 5.92 Å². The van der Waals surface area contributed by atoms with Gasteiger partial charge in [-0.15, -0.1) is 0 Å². The van der Waals surface area contributed by atoms with Gasteiger partial charge in [0.2, 0.25) is 0 Å². The van der Waals surface area contributed by atoms with Crippen LogP contribution in [0.5, 0.6) is 0 Å². The van der Waals surface area contributed by atoms with E-state index in [0.717, 1.165) is 0 Å². The van der Waals surface area contributed by atoms with Crippen molar-refractivity contribution in [3.63, 3.8) is 0 Å². The summed E-state index contributed by atoms with van der Waals surface area (Å²) in [5.74, 6) is -0.0905. The zero-order valence-corrected chi connectivity index (χ0v) is 13.4. The van der Waals surface area contributed by atoms with Gasteiger partial charge in [-0.3, -0.25) is 4.52 Å². The van der Waals surface area contributed by atoms with E-state index in [-0.39, 0.29) is 5.92 Å². The second-order valence-electron chi connectivity index (χ2n) is 4.31. The summed E-state index contributed by atoms with van der Waals surface area (Å²) in [6, 6.07) is -0.561. The van der Waals surface area contributed by atoms with Crippen LogP contribution in [-0.4, -0.2) is 46.1 Å². The molecule has 5 atom stereocenters. The Labute approximate surface area is 121 Å². The highest BCUT2D eigenvalue weighted by Crippen LogP contribution is 2.66. The summed E-state index contributed by atoms with van der Waals surface area (Å²) in [5, 5.41) is 0. The SMILES string of the molecule is [B]C1CC(C)C(COP(=O)(O)OP(=O)(O)OP(=O)(O)O)O1. The van der Waals surface area contributed by atoms with Crippen LogP contribution in [0.3, 0.4) is 0 Å². The summed E-state index contributed by atoms with van der Waals surface area (Å²) in [6.07, 6.45) is -0.144. The maximum Gasteiger partial charge on any atom is 0.490 e. The van der Waals surface area contributed by atoms with E-state index in [4.69, 9.17) is 27.3 Å². The molecule has 1 aliphatic heterocycles. The predicted octanol–water partition coefficient (Wildman–Crippen LogP) is 0.249. The fourth-order valence-electron chi connectivity index (χ4n) is 1.61. The Balaban J connectivity index is 2.56. The van der Waals surface area contributed by atoms with Crippen molar-refractivity contribution < 1.29 is 51.2 Å². The van der Waals surface area contributed by atoms with Gasteiger partial charge in [0.05, 0.1) is 12.7 Å². The van der Waals surface area contributed by atoms with Crippen LogP contribution in [0.4, 0.5) is 0 Å². The molecule has 15 heteroatoms. The summed E-state index contributed by atoms with van der Waals surface area (Å²) in [4.78, 5) is 34.8. The molecule has 0 bridgehead atoms. The second-order valence-corrected chi connectivity index (χ2v) is 8.73. The molecule has 21 heavy (non-hydrogen) atoms. The van der Waals surface area contributed by atoms with E-state index in [1.165, 1.54) is 0 Å². The van der Waals surface area contributed by atoms with Gasteiger partial charge >= 0.3 is 23.5 Å². The molecule has 2 radical (unpaired) electrons. The zero-order valence-electron chi connectivity index (χ0n) is 10.7. The van der Waals surface area contributed by atoms with Crippen LogP contribution in [-0.2, 0) is 31.6 Å². The second kappa shape index (κ2) is 6.90. The fraction of sp³-hybridized carbons (Fsp3) is 1.00. The maximum atomic E-state index is 11.4. The first-order chi connectivity index (χ1) is 9.30. The molecular weight excluding hydrogens is 352 g/mol. The highest BCUT2D eigenvalue weighted by atomic mass is 31.3. The van der Waals surface area contributed by atoms with Crippen molar-refractivity contribution in [1.29, 1.82) is 0 Å². The Kier molecular flexibility index (Phi) is 6.41. The van der Waals surface area contributed by atoms with Gasteiger partial charge in [-0.1, -0.05) is 6.92 Å². The van der Waals surface area contributed by atoms with E-state index in [0.29, 0.717) is 6.42 Å². The molecule has 1 saturated heterocycles. The number of ether oxygens (including phenoxy) is 1. The molecule has 0 aromatic heterocycles. The number of hydrogen-bond donors (Lipinski definition) is 4. The molecule has 11 nitrogen and oxygen atoms in total. The minimum absolute atomic E-state index is 0.0905. The molecule has 1 rings (SSSR count). The van der Waals surface area contributed by atoms with Crippen LogP contribution in [0.2, 0.25) is 0 Å². The van der Waals surface area contributed by atoms with Crippen molar-refractivity contribution in [3.8, 4) is 0 Å². The molecule has 0 saturated carbocycles. The molecule has 1 heterocycles. The lowest BCUT2D eigenvalue weighted by Crippen LogP contribution is -2.21. The number of rotatable bonds is 7. The standard InChI is InChI=1S/C6H14BO11P3/c1-4-2-6(7)16-5(4)3-15-20(11,12)18-21(13,14)17-19(8,9)10/h4-6H,2-3H2,1H3,(H,11,12)(H,13,14)(H2,8,9,10). The van der Waals surface area contributed by atoms with Crippen molar-refractivity contribution >= 4 is 31.3 Å². The first-order valence-corrected chi connectivity index (χ1v) is 10.0. The summed E-state index contributed by atoms with van der Waals surface area (Å²) in [6.45, 7) is 1.27. The van der Waals surface area contributed by atoms with Crippen molar-refractivity contribution in [1.82, 2.24) is 0 Å². The van der Waals surface area contributed by atoms with Gasteiger partial charge in [0.1, 0.15) is 7.85 Å². The molecule has 5 unspecified atom stereocenters. The largest absolute Gasteiger partial charge is 0.490 e. The Morgan fingerprint density at radius 1 is 1.14 bits per heavy atom. The topological polar surface area (TPSA) is 169 Å². The molecule has 0 aromatic rings. The molecule has 0 amide bonds. The third-order valence-electron chi connectivity index (χ3n) is 2.41. The molecular formula is C6H14BO11P3. The highest BCUT2D eigenvalue weighted by molar-refractivity contribution is 7.66. The zero-order chi connectivity index (χ0) is 16.5. The monoisotopic (exact) mass is 366 g/mol. The van der Waals surface area contributed by atoms with Crippen molar-refractivity contribution in [2.75, 3.05) is 6.61 Å². The minimum Gasteiger partial charge on any atom is -0.382 e. The van der Waals surface area contributed by atoms with Crippen molar-refractivity contribution in [2.45, 2.75) is 25.5 Å². The van der Waals surface area contributed by atoms with Crippen LogP contribution in [0.25, 0.3) is 0 Å². The summed E-state index contributed by atoms with van der Waals surface area (Å²) >= 11 is 0. The van der Waals surface area contributed by atoms with E-state index in [9.17, 15) is 18.6 Å².